The summed E-state index contributed by atoms with van der Waals surface area (Å²) in [5, 5.41) is 8.96. The number of carboxylic acid groups (broad SMARTS) is 1. The average Bonchev–Trinajstić information content (AvgIpc) is 2.39. The third-order valence-corrected chi connectivity index (χ3v) is 3.58. The summed E-state index contributed by atoms with van der Waals surface area (Å²) in [6, 6.07) is 1.41. The van der Waals surface area contributed by atoms with E-state index in [9.17, 15) is 9.59 Å². The zero-order valence-electron chi connectivity index (χ0n) is 12.5. The van der Waals surface area contributed by atoms with Gasteiger partial charge in [-0.1, -0.05) is 45.4 Å². The number of nitrogens with zero attached hydrogens (tertiary/aromatic N) is 1. The van der Waals surface area contributed by atoms with Crippen LogP contribution >= 0.6 is 0 Å². The molecule has 20 heavy (non-hydrogen) atoms. The van der Waals surface area contributed by atoms with Crippen molar-refractivity contribution in [1.82, 2.24) is 4.57 Å². The van der Waals surface area contributed by atoms with Crippen LogP contribution in [0.25, 0.3) is 0 Å². The van der Waals surface area contributed by atoms with E-state index >= 15 is 0 Å². The largest absolute Gasteiger partial charge is 0.477 e. The second-order valence-corrected chi connectivity index (χ2v) is 5.31. The van der Waals surface area contributed by atoms with Crippen molar-refractivity contribution >= 4 is 5.97 Å². The smallest absolute Gasteiger partial charge is 0.341 e. The number of rotatable bonds is 9. The minimum Gasteiger partial charge on any atom is -0.477 e. The molecular formula is C16H25NO3. The number of hydrogen-bond donors (Lipinski definition) is 1. The van der Waals surface area contributed by atoms with E-state index in [1.54, 1.807) is 0 Å². The molecule has 0 radical (unpaired) electrons. The molecule has 112 valence electrons. The SMILES string of the molecule is CCCCCCCCCn1cc(C(=O)O)c(=O)cc1C. The molecule has 0 fully saturated rings. The molecule has 0 aromatic carbocycles. The molecule has 1 heterocycles. The molecule has 0 atom stereocenters. The number of carboxylic acids is 1. The highest BCUT2D eigenvalue weighted by Gasteiger charge is 2.10. The Balaban J connectivity index is 2.46. The van der Waals surface area contributed by atoms with Gasteiger partial charge in [-0.05, 0) is 13.3 Å². The Morgan fingerprint density at radius 3 is 2.35 bits per heavy atom. The predicted octanol–water partition coefficient (Wildman–Crippen LogP) is 3.61. The van der Waals surface area contributed by atoms with Crippen molar-refractivity contribution in [2.75, 3.05) is 0 Å². The van der Waals surface area contributed by atoms with Crippen molar-refractivity contribution in [3.63, 3.8) is 0 Å². The first-order valence-corrected chi connectivity index (χ1v) is 7.50. The Hall–Kier alpha value is -1.58. The first-order chi connectivity index (χ1) is 9.56. The highest BCUT2D eigenvalue weighted by atomic mass is 16.4. The summed E-state index contributed by atoms with van der Waals surface area (Å²) in [7, 11) is 0. The van der Waals surface area contributed by atoms with Crippen LogP contribution in [0.15, 0.2) is 17.1 Å². The van der Waals surface area contributed by atoms with Crippen molar-refractivity contribution in [3.05, 3.63) is 33.7 Å². The third-order valence-electron chi connectivity index (χ3n) is 3.58. The minimum atomic E-state index is -1.15. The van der Waals surface area contributed by atoms with Gasteiger partial charge in [0.25, 0.3) is 0 Å². The van der Waals surface area contributed by atoms with Crippen molar-refractivity contribution in [2.24, 2.45) is 0 Å². The second-order valence-electron chi connectivity index (χ2n) is 5.31. The summed E-state index contributed by atoms with van der Waals surface area (Å²) >= 11 is 0. The molecule has 1 aromatic rings. The summed E-state index contributed by atoms with van der Waals surface area (Å²) in [5.41, 5.74) is 0.273. The lowest BCUT2D eigenvalue weighted by molar-refractivity contribution is 0.0694. The molecular weight excluding hydrogens is 254 g/mol. The van der Waals surface area contributed by atoms with Gasteiger partial charge in [0.05, 0.1) is 0 Å². The van der Waals surface area contributed by atoms with Crippen LogP contribution in [0.4, 0.5) is 0 Å². The van der Waals surface area contributed by atoms with Crippen LogP contribution in [0.1, 0.15) is 67.9 Å². The molecule has 0 aliphatic heterocycles. The van der Waals surface area contributed by atoms with Gasteiger partial charge in [-0.2, -0.15) is 0 Å². The molecule has 0 saturated carbocycles. The number of hydrogen-bond acceptors (Lipinski definition) is 2. The number of aromatic nitrogens is 1. The zero-order chi connectivity index (χ0) is 15.0. The molecule has 1 aromatic heterocycles. The highest BCUT2D eigenvalue weighted by Crippen LogP contribution is 2.09. The summed E-state index contributed by atoms with van der Waals surface area (Å²) in [6.07, 6.45) is 10.0. The van der Waals surface area contributed by atoms with Crippen molar-refractivity contribution in [1.29, 1.82) is 0 Å². The summed E-state index contributed by atoms with van der Waals surface area (Å²) in [6.45, 7) is 4.83. The average molecular weight is 279 g/mol. The van der Waals surface area contributed by atoms with E-state index in [0.29, 0.717) is 0 Å². The Morgan fingerprint density at radius 2 is 1.75 bits per heavy atom. The molecule has 0 aliphatic carbocycles. The van der Waals surface area contributed by atoms with Crippen LogP contribution in [0, 0.1) is 6.92 Å². The zero-order valence-corrected chi connectivity index (χ0v) is 12.5. The van der Waals surface area contributed by atoms with Crippen LogP contribution in [0.3, 0.4) is 0 Å². The minimum absolute atomic E-state index is 0.140. The van der Waals surface area contributed by atoms with Gasteiger partial charge >= 0.3 is 5.97 Å². The first-order valence-electron chi connectivity index (χ1n) is 7.50. The van der Waals surface area contributed by atoms with E-state index in [0.717, 1.165) is 25.1 Å². The van der Waals surface area contributed by atoms with E-state index < -0.39 is 11.4 Å². The predicted molar refractivity (Wildman–Crippen MR) is 80.4 cm³/mol. The van der Waals surface area contributed by atoms with Crippen LogP contribution in [0.5, 0.6) is 0 Å². The van der Waals surface area contributed by atoms with E-state index in [-0.39, 0.29) is 5.56 Å². The van der Waals surface area contributed by atoms with E-state index in [1.165, 1.54) is 44.4 Å². The maximum Gasteiger partial charge on any atom is 0.341 e. The molecule has 4 nitrogen and oxygen atoms in total. The standard InChI is InChI=1S/C16H25NO3/c1-3-4-5-6-7-8-9-10-17-12-14(16(19)20)15(18)11-13(17)2/h11-12H,3-10H2,1-2H3,(H,19,20). The summed E-state index contributed by atoms with van der Waals surface area (Å²) in [4.78, 5) is 22.5. The quantitative estimate of drug-likeness (QED) is 0.702. The number of pyridine rings is 1. The number of aryl methyl sites for hydroxylation is 2. The summed E-state index contributed by atoms with van der Waals surface area (Å²) in [5.74, 6) is -1.15. The normalized spacial score (nSPS) is 10.7. The van der Waals surface area contributed by atoms with Crippen molar-refractivity contribution < 1.29 is 9.90 Å². The Labute approximate surface area is 120 Å². The van der Waals surface area contributed by atoms with Gasteiger partial charge in [-0.25, -0.2) is 4.79 Å². The fourth-order valence-corrected chi connectivity index (χ4v) is 2.31. The molecule has 1 N–H and O–H groups in total. The maximum atomic E-state index is 11.5. The molecule has 0 amide bonds. The van der Waals surface area contributed by atoms with Crippen molar-refractivity contribution in [2.45, 2.75) is 65.3 Å². The third kappa shape index (κ3) is 5.19. The number of aromatic carboxylic acids is 1. The van der Waals surface area contributed by atoms with Crippen LogP contribution in [-0.2, 0) is 6.54 Å². The van der Waals surface area contributed by atoms with Gasteiger partial charge in [-0.15, -0.1) is 0 Å². The van der Waals surface area contributed by atoms with E-state index in [1.807, 2.05) is 11.5 Å². The van der Waals surface area contributed by atoms with E-state index in [4.69, 9.17) is 5.11 Å². The van der Waals surface area contributed by atoms with Gasteiger partial charge in [0.15, 0.2) is 5.43 Å². The van der Waals surface area contributed by atoms with Gasteiger partial charge in [0.1, 0.15) is 5.56 Å². The Kier molecular flexibility index (Phi) is 7.05. The Morgan fingerprint density at radius 1 is 1.15 bits per heavy atom. The second kappa shape index (κ2) is 8.56. The maximum absolute atomic E-state index is 11.5. The van der Waals surface area contributed by atoms with Gasteiger partial charge in [0.2, 0.25) is 0 Å². The fourth-order valence-electron chi connectivity index (χ4n) is 2.31. The van der Waals surface area contributed by atoms with Gasteiger partial charge in [-0.3, -0.25) is 4.79 Å². The molecule has 0 unspecified atom stereocenters. The first kappa shape index (κ1) is 16.5. The topological polar surface area (TPSA) is 59.3 Å². The highest BCUT2D eigenvalue weighted by molar-refractivity contribution is 5.87. The van der Waals surface area contributed by atoms with Crippen LogP contribution in [0.2, 0.25) is 0 Å². The number of carbonyl (C=O) groups is 1. The van der Waals surface area contributed by atoms with Crippen LogP contribution < -0.4 is 5.43 Å². The molecule has 0 spiro atoms. The van der Waals surface area contributed by atoms with Gasteiger partial charge in [0, 0.05) is 24.5 Å². The van der Waals surface area contributed by atoms with Gasteiger partial charge < -0.3 is 9.67 Å². The van der Waals surface area contributed by atoms with Crippen LogP contribution in [-0.4, -0.2) is 15.6 Å². The lowest BCUT2D eigenvalue weighted by Crippen LogP contribution is -2.19. The summed E-state index contributed by atoms with van der Waals surface area (Å²) < 4.78 is 1.87. The molecule has 4 heteroatoms. The lowest BCUT2D eigenvalue weighted by Gasteiger charge is -2.11. The number of unbranched alkanes of at least 4 members (excludes halogenated alkanes) is 6. The molecule has 0 saturated heterocycles. The fraction of sp³-hybridized carbons (Fsp3) is 0.625. The molecule has 0 bridgehead atoms. The Bertz CT molecular complexity index is 491. The lowest BCUT2D eigenvalue weighted by atomic mass is 10.1. The van der Waals surface area contributed by atoms with E-state index in [2.05, 4.69) is 6.92 Å². The molecule has 0 aliphatic rings. The van der Waals surface area contributed by atoms with Crippen molar-refractivity contribution in [3.8, 4) is 0 Å². The monoisotopic (exact) mass is 279 g/mol. The molecule has 1 rings (SSSR count).